The fourth-order valence-electron chi connectivity index (χ4n) is 3.54. The van der Waals surface area contributed by atoms with Crippen LogP contribution >= 0.6 is 11.6 Å². The third-order valence-corrected chi connectivity index (χ3v) is 4.97. The van der Waals surface area contributed by atoms with Crippen LogP contribution in [-0.4, -0.2) is 32.8 Å². The van der Waals surface area contributed by atoms with Crippen molar-refractivity contribution in [1.82, 2.24) is 0 Å². The van der Waals surface area contributed by atoms with E-state index < -0.39 is 17.4 Å². The first kappa shape index (κ1) is 15.9. The Morgan fingerprint density at radius 2 is 2.04 bits per heavy atom. The zero-order valence-corrected chi connectivity index (χ0v) is 13.8. The molecule has 0 saturated carbocycles. The van der Waals surface area contributed by atoms with Gasteiger partial charge >= 0.3 is 11.9 Å². The van der Waals surface area contributed by atoms with Gasteiger partial charge in [-0.1, -0.05) is 17.7 Å². The standard InChI is InChI=1S/C17H17ClO5/c1-17(16(20)22-3)7-11(15(19)21-2)14-10-6-9(18)4-5-13(10)23-8-12(14)17/h4-7,12,14H,8H2,1-3H3/t12-,14-,17-/m1/s1. The normalized spacial score (nSPS) is 28.1. The molecule has 0 bridgehead atoms. The van der Waals surface area contributed by atoms with Crippen molar-refractivity contribution in [3.05, 3.63) is 40.4 Å². The Kier molecular flexibility index (Phi) is 3.84. The lowest BCUT2D eigenvalue weighted by atomic mass is 9.72. The van der Waals surface area contributed by atoms with Gasteiger partial charge < -0.3 is 14.2 Å². The summed E-state index contributed by atoms with van der Waals surface area (Å²) in [7, 11) is 2.66. The Morgan fingerprint density at radius 1 is 1.30 bits per heavy atom. The molecule has 0 N–H and O–H groups in total. The molecule has 1 aromatic rings. The minimum absolute atomic E-state index is 0.255. The largest absolute Gasteiger partial charge is 0.493 e. The van der Waals surface area contributed by atoms with Crippen molar-refractivity contribution < 1.29 is 23.8 Å². The Morgan fingerprint density at radius 3 is 2.70 bits per heavy atom. The molecule has 1 aliphatic carbocycles. The van der Waals surface area contributed by atoms with E-state index >= 15 is 0 Å². The summed E-state index contributed by atoms with van der Waals surface area (Å²) in [6, 6.07) is 5.28. The van der Waals surface area contributed by atoms with Gasteiger partial charge in [0.05, 0.1) is 26.2 Å². The zero-order chi connectivity index (χ0) is 16.8. The number of rotatable bonds is 2. The van der Waals surface area contributed by atoms with Gasteiger partial charge in [-0.05, 0) is 25.1 Å². The van der Waals surface area contributed by atoms with Gasteiger partial charge in [0.25, 0.3) is 0 Å². The van der Waals surface area contributed by atoms with Crippen LogP contribution in [0.1, 0.15) is 18.4 Å². The Hall–Kier alpha value is -2.01. The molecule has 23 heavy (non-hydrogen) atoms. The van der Waals surface area contributed by atoms with Crippen LogP contribution in [0.15, 0.2) is 29.8 Å². The maximum atomic E-state index is 12.3. The van der Waals surface area contributed by atoms with Crippen molar-refractivity contribution in [3.63, 3.8) is 0 Å². The second-order valence-corrected chi connectivity index (χ2v) is 6.38. The second kappa shape index (κ2) is 5.57. The quantitative estimate of drug-likeness (QED) is 0.777. The van der Waals surface area contributed by atoms with E-state index in [9.17, 15) is 9.59 Å². The monoisotopic (exact) mass is 336 g/mol. The molecule has 0 fully saturated rings. The van der Waals surface area contributed by atoms with Crippen LogP contribution in [-0.2, 0) is 19.1 Å². The Labute approximate surface area is 139 Å². The highest BCUT2D eigenvalue weighted by molar-refractivity contribution is 6.30. The molecule has 122 valence electrons. The Bertz CT molecular complexity index is 711. The minimum atomic E-state index is -0.955. The maximum Gasteiger partial charge on any atom is 0.334 e. The van der Waals surface area contributed by atoms with Crippen molar-refractivity contribution in [2.24, 2.45) is 11.3 Å². The van der Waals surface area contributed by atoms with Crippen molar-refractivity contribution in [2.75, 3.05) is 20.8 Å². The summed E-state index contributed by atoms with van der Waals surface area (Å²) in [4.78, 5) is 24.6. The Balaban J connectivity index is 2.16. The van der Waals surface area contributed by atoms with Crippen molar-refractivity contribution in [3.8, 4) is 5.75 Å². The molecule has 3 rings (SSSR count). The van der Waals surface area contributed by atoms with Crippen LogP contribution in [0, 0.1) is 11.3 Å². The summed E-state index contributed by atoms with van der Waals surface area (Å²) in [6.07, 6.45) is 1.65. The maximum absolute atomic E-state index is 12.3. The summed E-state index contributed by atoms with van der Waals surface area (Å²) in [5.41, 5.74) is 0.276. The average Bonchev–Trinajstić information content (AvgIpc) is 2.88. The molecule has 2 aliphatic rings. The molecular weight excluding hydrogens is 320 g/mol. The summed E-state index contributed by atoms with van der Waals surface area (Å²) < 4.78 is 15.6. The predicted octanol–water partition coefficient (Wildman–Crippen LogP) is 2.72. The number of methoxy groups -OCH3 is 2. The molecule has 6 heteroatoms. The lowest BCUT2D eigenvalue weighted by Crippen LogP contribution is -2.40. The molecule has 5 nitrogen and oxygen atoms in total. The molecule has 0 amide bonds. The first-order chi connectivity index (χ1) is 10.9. The number of ether oxygens (including phenoxy) is 3. The van der Waals surface area contributed by atoms with Crippen molar-refractivity contribution in [2.45, 2.75) is 12.8 Å². The number of hydrogen-bond acceptors (Lipinski definition) is 5. The number of esters is 2. The summed E-state index contributed by atoms with van der Waals surface area (Å²) in [6.45, 7) is 2.06. The molecule has 0 radical (unpaired) electrons. The number of carbonyl (C=O) groups excluding carboxylic acids is 2. The fourth-order valence-corrected chi connectivity index (χ4v) is 3.72. The lowest BCUT2D eigenvalue weighted by Gasteiger charge is -2.36. The van der Waals surface area contributed by atoms with Gasteiger partial charge in [0.2, 0.25) is 0 Å². The molecule has 1 aromatic carbocycles. The molecular formula is C17H17ClO5. The van der Waals surface area contributed by atoms with Gasteiger partial charge in [-0.15, -0.1) is 0 Å². The molecule has 0 unspecified atom stereocenters. The van der Waals surface area contributed by atoms with Crippen LogP contribution < -0.4 is 4.74 Å². The van der Waals surface area contributed by atoms with Crippen molar-refractivity contribution in [1.29, 1.82) is 0 Å². The van der Waals surface area contributed by atoms with E-state index in [1.807, 2.05) is 0 Å². The van der Waals surface area contributed by atoms with Gasteiger partial charge in [-0.25, -0.2) is 4.79 Å². The lowest BCUT2D eigenvalue weighted by molar-refractivity contribution is -0.152. The highest BCUT2D eigenvalue weighted by Gasteiger charge is 2.55. The van der Waals surface area contributed by atoms with Gasteiger partial charge in [-0.2, -0.15) is 0 Å². The average molecular weight is 337 g/mol. The SMILES string of the molecule is COC(=O)C1=C[C@@](C)(C(=O)OC)[C@@H]2COc3ccc(Cl)cc3[C@H]12. The molecule has 1 heterocycles. The van der Waals surface area contributed by atoms with Crippen molar-refractivity contribution >= 4 is 23.5 Å². The van der Waals surface area contributed by atoms with E-state index in [-0.39, 0.29) is 11.8 Å². The van der Waals surface area contributed by atoms with Gasteiger partial charge in [0.1, 0.15) is 5.75 Å². The van der Waals surface area contributed by atoms with E-state index in [1.165, 1.54) is 14.2 Å². The predicted molar refractivity (Wildman–Crippen MR) is 83.4 cm³/mol. The third kappa shape index (κ3) is 2.30. The smallest absolute Gasteiger partial charge is 0.334 e. The zero-order valence-electron chi connectivity index (χ0n) is 13.1. The number of fused-ring (bicyclic) bond motifs is 3. The number of carbonyl (C=O) groups is 2. The van der Waals surface area contributed by atoms with Crippen LogP contribution in [0.25, 0.3) is 0 Å². The second-order valence-electron chi connectivity index (χ2n) is 5.94. The van der Waals surface area contributed by atoms with E-state index in [1.54, 1.807) is 31.2 Å². The molecule has 1 aliphatic heterocycles. The van der Waals surface area contributed by atoms with E-state index in [0.717, 1.165) is 5.56 Å². The first-order valence-corrected chi connectivity index (χ1v) is 7.62. The molecule has 3 atom stereocenters. The molecule has 0 aromatic heterocycles. The summed E-state index contributed by atoms with van der Waals surface area (Å²) in [5.74, 6) is -0.760. The van der Waals surface area contributed by atoms with Gasteiger partial charge in [0, 0.05) is 28.0 Å². The van der Waals surface area contributed by atoms with E-state index in [4.69, 9.17) is 25.8 Å². The van der Waals surface area contributed by atoms with Crippen LogP contribution in [0.3, 0.4) is 0 Å². The third-order valence-electron chi connectivity index (χ3n) is 4.73. The fraction of sp³-hybridized carbons (Fsp3) is 0.412. The summed E-state index contributed by atoms with van der Waals surface area (Å²) >= 11 is 6.11. The highest BCUT2D eigenvalue weighted by Crippen LogP contribution is 2.55. The summed E-state index contributed by atoms with van der Waals surface area (Å²) in [5, 5.41) is 0.545. The van der Waals surface area contributed by atoms with E-state index in [2.05, 4.69) is 0 Å². The first-order valence-electron chi connectivity index (χ1n) is 7.24. The molecule has 0 saturated heterocycles. The molecule has 0 spiro atoms. The number of hydrogen-bond donors (Lipinski definition) is 0. The number of benzene rings is 1. The van der Waals surface area contributed by atoms with Crippen LogP contribution in [0.2, 0.25) is 5.02 Å². The highest BCUT2D eigenvalue weighted by atomic mass is 35.5. The number of halogens is 1. The van der Waals surface area contributed by atoms with Gasteiger partial charge in [-0.3, -0.25) is 4.79 Å². The topological polar surface area (TPSA) is 61.8 Å². The van der Waals surface area contributed by atoms with Crippen LogP contribution in [0.4, 0.5) is 0 Å². The van der Waals surface area contributed by atoms with Gasteiger partial charge in [0.15, 0.2) is 0 Å². The minimum Gasteiger partial charge on any atom is -0.493 e. The van der Waals surface area contributed by atoms with E-state index in [0.29, 0.717) is 23.0 Å². The van der Waals surface area contributed by atoms with Crippen LogP contribution in [0.5, 0.6) is 5.75 Å².